The van der Waals surface area contributed by atoms with Crippen molar-refractivity contribution in [2.24, 2.45) is 5.73 Å². The van der Waals surface area contributed by atoms with Crippen molar-refractivity contribution in [1.82, 2.24) is 5.48 Å². The molecule has 0 aromatic rings. The number of nitrogens with one attached hydrogen (secondary N) is 2. The first-order valence-electron chi connectivity index (χ1n) is 4.33. The molecule has 6 nitrogen and oxygen atoms in total. The van der Waals surface area contributed by atoms with Gasteiger partial charge in [-0.1, -0.05) is 0 Å². The van der Waals surface area contributed by atoms with Crippen LogP contribution >= 0.6 is 0 Å². The molecule has 82 valence electrons. The lowest BCUT2D eigenvalue weighted by molar-refractivity contribution is -0.113. The van der Waals surface area contributed by atoms with Gasteiger partial charge >= 0.3 is 0 Å². The lowest BCUT2D eigenvalue weighted by atomic mass is 10.1. The van der Waals surface area contributed by atoms with Crippen molar-refractivity contribution in [3.63, 3.8) is 0 Å². The minimum Gasteiger partial charge on any atom is -0.364 e. The zero-order chi connectivity index (χ0) is 10.8. The summed E-state index contributed by atoms with van der Waals surface area (Å²) < 4.78 is 5.08. The highest BCUT2D eigenvalue weighted by Gasteiger charge is 2.06. The van der Waals surface area contributed by atoms with Crippen LogP contribution in [-0.4, -0.2) is 38.5 Å². The number of hydroxylamine groups is 1. The van der Waals surface area contributed by atoms with E-state index in [1.54, 1.807) is 0 Å². The Morgan fingerprint density at radius 3 is 3.00 bits per heavy atom. The second-order valence-corrected chi connectivity index (χ2v) is 2.76. The van der Waals surface area contributed by atoms with Gasteiger partial charge in [-0.2, -0.15) is 5.48 Å². The number of nitrogens with two attached hydrogens (primary N) is 1. The van der Waals surface area contributed by atoms with Crippen LogP contribution in [0.1, 0.15) is 12.8 Å². The average Bonchev–Trinajstić information content (AvgIpc) is 2.17. The van der Waals surface area contributed by atoms with Gasteiger partial charge in [-0.05, 0) is 6.42 Å². The number of rotatable bonds is 9. The van der Waals surface area contributed by atoms with Gasteiger partial charge in [0.25, 0.3) is 0 Å². The van der Waals surface area contributed by atoms with Gasteiger partial charge in [0, 0.05) is 19.1 Å². The first kappa shape index (κ1) is 13.2. The van der Waals surface area contributed by atoms with E-state index in [0.717, 1.165) is 6.21 Å². The lowest BCUT2D eigenvalue weighted by Crippen LogP contribution is -2.26. The van der Waals surface area contributed by atoms with Gasteiger partial charge in [0.15, 0.2) is 5.78 Å². The van der Waals surface area contributed by atoms with Crippen LogP contribution in [0, 0.1) is 5.41 Å². The summed E-state index contributed by atoms with van der Waals surface area (Å²) in [4.78, 5) is 15.3. The van der Waals surface area contributed by atoms with Crippen molar-refractivity contribution in [2.45, 2.75) is 18.9 Å². The molecule has 0 rings (SSSR count). The average molecular weight is 203 g/mol. The van der Waals surface area contributed by atoms with E-state index in [0.29, 0.717) is 19.8 Å². The molecule has 0 aromatic carbocycles. The molecule has 0 saturated heterocycles. The Morgan fingerprint density at radius 2 is 2.43 bits per heavy atom. The SMILES string of the molecule is CONCOCC[C@H](N)CC(=O)C=N. The summed E-state index contributed by atoms with van der Waals surface area (Å²) in [6, 6.07) is -0.244. The van der Waals surface area contributed by atoms with Crippen LogP contribution < -0.4 is 11.2 Å². The smallest absolute Gasteiger partial charge is 0.174 e. The van der Waals surface area contributed by atoms with Gasteiger partial charge in [-0.25, -0.2) is 0 Å². The molecule has 0 aliphatic carbocycles. The predicted octanol–water partition coefficient (Wildman–Crippen LogP) is -0.562. The summed E-state index contributed by atoms with van der Waals surface area (Å²) >= 11 is 0. The minimum absolute atomic E-state index is 0.199. The lowest BCUT2D eigenvalue weighted by Gasteiger charge is -2.09. The topological polar surface area (TPSA) is 97.4 Å². The van der Waals surface area contributed by atoms with Gasteiger partial charge in [0.2, 0.25) is 0 Å². The molecule has 0 unspecified atom stereocenters. The molecule has 0 aliphatic rings. The van der Waals surface area contributed by atoms with Crippen molar-refractivity contribution in [2.75, 3.05) is 20.4 Å². The second-order valence-electron chi connectivity index (χ2n) is 2.76. The van der Waals surface area contributed by atoms with E-state index in [-0.39, 0.29) is 18.2 Å². The van der Waals surface area contributed by atoms with Crippen LogP contribution in [0.25, 0.3) is 0 Å². The van der Waals surface area contributed by atoms with Crippen LogP contribution in [0.3, 0.4) is 0 Å². The highest BCUT2D eigenvalue weighted by molar-refractivity contribution is 6.26. The third kappa shape index (κ3) is 7.81. The van der Waals surface area contributed by atoms with Crippen molar-refractivity contribution in [3.8, 4) is 0 Å². The predicted molar refractivity (Wildman–Crippen MR) is 52.0 cm³/mol. The maximum Gasteiger partial charge on any atom is 0.174 e. The number of Topliss-reactive ketones (excluding diaryl/α,β-unsaturated/α-hetero) is 1. The summed E-state index contributed by atoms with van der Waals surface area (Å²) in [5, 5.41) is 6.68. The molecule has 4 N–H and O–H groups in total. The first-order valence-corrected chi connectivity index (χ1v) is 4.33. The number of carbonyl (C=O) groups excluding carboxylic acids is 1. The van der Waals surface area contributed by atoms with Crippen molar-refractivity contribution in [1.29, 1.82) is 5.41 Å². The maximum absolute atomic E-state index is 10.8. The van der Waals surface area contributed by atoms with Gasteiger partial charge in [-0.3, -0.25) is 4.79 Å². The van der Waals surface area contributed by atoms with Crippen LogP contribution in [0.5, 0.6) is 0 Å². The Labute approximate surface area is 83.2 Å². The molecule has 6 heteroatoms. The summed E-state index contributed by atoms with van der Waals surface area (Å²) in [5.41, 5.74) is 8.12. The van der Waals surface area contributed by atoms with E-state index in [4.69, 9.17) is 15.9 Å². The Morgan fingerprint density at radius 1 is 1.71 bits per heavy atom. The van der Waals surface area contributed by atoms with Crippen LogP contribution in [0.4, 0.5) is 0 Å². The van der Waals surface area contributed by atoms with Crippen LogP contribution in [0.15, 0.2) is 0 Å². The summed E-state index contributed by atoms with van der Waals surface area (Å²) in [5.74, 6) is -0.257. The molecule has 0 aromatic heterocycles. The molecular formula is C8H17N3O3. The van der Waals surface area contributed by atoms with E-state index in [2.05, 4.69) is 10.3 Å². The van der Waals surface area contributed by atoms with Gasteiger partial charge in [-0.15, -0.1) is 0 Å². The Balaban J connectivity index is 3.30. The largest absolute Gasteiger partial charge is 0.364 e. The molecule has 14 heavy (non-hydrogen) atoms. The van der Waals surface area contributed by atoms with E-state index < -0.39 is 0 Å². The van der Waals surface area contributed by atoms with Gasteiger partial charge in [0.1, 0.15) is 6.73 Å². The summed E-state index contributed by atoms with van der Waals surface area (Å²) in [7, 11) is 1.50. The zero-order valence-electron chi connectivity index (χ0n) is 8.29. The van der Waals surface area contributed by atoms with E-state index in [1.807, 2.05) is 0 Å². The standard InChI is InChI=1S/C8H17N3O3/c1-13-11-6-14-3-2-7(10)4-8(12)5-9/h5,7,9,11H,2-4,6,10H2,1H3/t7-/m0/s1. The summed E-state index contributed by atoms with van der Waals surface area (Å²) in [6.07, 6.45) is 1.57. The highest BCUT2D eigenvalue weighted by Crippen LogP contribution is 1.95. The van der Waals surface area contributed by atoms with Crippen molar-refractivity contribution in [3.05, 3.63) is 0 Å². The number of ketones is 1. The Hall–Kier alpha value is -0.820. The van der Waals surface area contributed by atoms with Gasteiger partial charge in [0.05, 0.1) is 13.3 Å². The number of carbonyl (C=O) groups is 1. The molecule has 0 radical (unpaired) electrons. The van der Waals surface area contributed by atoms with E-state index in [9.17, 15) is 4.79 Å². The highest BCUT2D eigenvalue weighted by atomic mass is 16.7. The van der Waals surface area contributed by atoms with Crippen LogP contribution in [0.2, 0.25) is 0 Å². The maximum atomic E-state index is 10.8. The third-order valence-electron chi connectivity index (χ3n) is 1.56. The fraction of sp³-hybridized carbons (Fsp3) is 0.750. The molecule has 0 aliphatic heterocycles. The second kappa shape index (κ2) is 8.76. The zero-order valence-corrected chi connectivity index (χ0v) is 8.29. The fourth-order valence-electron chi connectivity index (χ4n) is 0.827. The molecule has 0 saturated carbocycles. The summed E-state index contributed by atoms with van der Waals surface area (Å²) in [6.45, 7) is 0.755. The van der Waals surface area contributed by atoms with Crippen LogP contribution in [-0.2, 0) is 14.4 Å². The number of hydrogen-bond acceptors (Lipinski definition) is 6. The normalized spacial score (nSPS) is 12.4. The first-order chi connectivity index (χ1) is 6.70. The third-order valence-corrected chi connectivity index (χ3v) is 1.56. The Kier molecular flexibility index (Phi) is 8.25. The fourth-order valence-corrected chi connectivity index (χ4v) is 0.827. The molecule has 0 amide bonds. The number of hydrogen-bond donors (Lipinski definition) is 3. The molecule has 0 spiro atoms. The van der Waals surface area contributed by atoms with E-state index in [1.165, 1.54) is 7.11 Å². The van der Waals surface area contributed by atoms with Crippen molar-refractivity contribution < 1.29 is 14.4 Å². The van der Waals surface area contributed by atoms with Gasteiger partial charge < -0.3 is 20.7 Å². The molecule has 0 bridgehead atoms. The number of ether oxygens (including phenoxy) is 1. The quantitative estimate of drug-likeness (QED) is 0.202. The van der Waals surface area contributed by atoms with E-state index >= 15 is 0 Å². The molecule has 1 atom stereocenters. The Bertz CT molecular complexity index is 175. The minimum atomic E-state index is -0.257. The molecule has 0 heterocycles. The monoisotopic (exact) mass is 203 g/mol. The molecular weight excluding hydrogens is 186 g/mol. The molecule has 0 fully saturated rings. The van der Waals surface area contributed by atoms with Crippen molar-refractivity contribution >= 4 is 12.0 Å².